The van der Waals surface area contributed by atoms with E-state index in [0.717, 1.165) is 83.6 Å². The molecule has 0 spiro atoms. The van der Waals surface area contributed by atoms with Crippen LogP contribution in [0.3, 0.4) is 0 Å². The highest BCUT2D eigenvalue weighted by molar-refractivity contribution is 5.69. The summed E-state index contributed by atoms with van der Waals surface area (Å²) in [6.45, 7) is 15.6. The Hall–Kier alpha value is -1.59. The zero-order valence-corrected chi connectivity index (χ0v) is 40.0. The number of hydrogen-bond donors (Lipinski definition) is 0. The van der Waals surface area contributed by atoms with Crippen molar-refractivity contribution in [1.82, 2.24) is 4.90 Å². The quantitative estimate of drug-likeness (QED) is 0.0347. The molecule has 58 heavy (non-hydrogen) atoms. The Bertz CT molecular complexity index is 839. The largest absolute Gasteiger partial charge is 0.465 e. The van der Waals surface area contributed by atoms with Crippen LogP contribution in [0.15, 0.2) is 0 Å². The highest BCUT2D eigenvalue weighted by Gasteiger charge is 2.20. The van der Waals surface area contributed by atoms with E-state index >= 15 is 0 Å². The van der Waals surface area contributed by atoms with Gasteiger partial charge in [0.25, 0.3) is 0 Å². The molecule has 0 N–H and O–H groups in total. The number of hydrogen-bond acceptors (Lipinski definition) is 5. The molecule has 0 aromatic rings. The van der Waals surface area contributed by atoms with Gasteiger partial charge in [0.1, 0.15) is 0 Å². The first-order valence-corrected chi connectivity index (χ1v) is 25.9. The van der Waals surface area contributed by atoms with Crippen molar-refractivity contribution in [3.63, 3.8) is 0 Å². The molecular weight excluding hydrogens is 719 g/mol. The number of ether oxygens (including phenoxy) is 2. The maximum atomic E-state index is 12.5. The molecule has 0 radical (unpaired) electrons. The average Bonchev–Trinajstić information content (AvgIpc) is 3.23. The van der Waals surface area contributed by atoms with Gasteiger partial charge in [0.05, 0.1) is 13.2 Å². The van der Waals surface area contributed by atoms with E-state index in [0.29, 0.717) is 49.9 Å². The van der Waals surface area contributed by atoms with Crippen LogP contribution in [0.25, 0.3) is 0 Å². The van der Waals surface area contributed by atoms with Gasteiger partial charge < -0.3 is 14.4 Å². The Morgan fingerprint density at radius 1 is 0.414 bits per heavy atom. The molecule has 0 saturated carbocycles. The summed E-state index contributed by atoms with van der Waals surface area (Å²) in [5, 5.41) is 0. The highest BCUT2D eigenvalue weighted by atomic mass is 16.5. The topological polar surface area (TPSA) is 72.9 Å². The van der Waals surface area contributed by atoms with E-state index in [1.165, 1.54) is 148 Å². The van der Waals surface area contributed by atoms with Crippen molar-refractivity contribution in [3.8, 4) is 0 Å². The second-order valence-electron chi connectivity index (χ2n) is 18.3. The van der Waals surface area contributed by atoms with Crippen LogP contribution < -0.4 is 0 Å². The van der Waals surface area contributed by atoms with Crippen LogP contribution in [-0.2, 0) is 23.9 Å². The van der Waals surface area contributed by atoms with Crippen molar-refractivity contribution < 1.29 is 23.9 Å². The van der Waals surface area contributed by atoms with E-state index in [1.54, 1.807) is 0 Å². The minimum Gasteiger partial charge on any atom is -0.465 e. The molecule has 3 unspecified atom stereocenters. The van der Waals surface area contributed by atoms with Crippen LogP contribution in [0, 0.1) is 17.8 Å². The predicted molar refractivity (Wildman–Crippen MR) is 249 cm³/mol. The monoisotopic (exact) mass is 820 g/mol. The minimum atomic E-state index is -0.00858. The number of nitrogens with zero attached hydrogens (tertiary/aromatic N) is 1. The second kappa shape index (κ2) is 43.5. The van der Waals surface area contributed by atoms with Gasteiger partial charge in [-0.3, -0.25) is 14.4 Å². The number of carbonyl (C=O) groups excluding carboxylic acids is 3. The minimum absolute atomic E-state index is 0.00858. The van der Waals surface area contributed by atoms with Gasteiger partial charge in [-0.15, -0.1) is 0 Å². The predicted octanol–water partition coefficient (Wildman–Crippen LogP) is 15.9. The lowest BCUT2D eigenvalue weighted by Crippen LogP contribution is -2.38. The van der Waals surface area contributed by atoms with Gasteiger partial charge in [-0.2, -0.15) is 0 Å². The molecule has 0 aromatic heterocycles. The molecule has 344 valence electrons. The van der Waals surface area contributed by atoms with Gasteiger partial charge in [-0.1, -0.05) is 202 Å². The molecular formula is C52H101NO5. The van der Waals surface area contributed by atoms with Crippen molar-refractivity contribution in [1.29, 1.82) is 0 Å². The van der Waals surface area contributed by atoms with Crippen molar-refractivity contribution in [3.05, 3.63) is 0 Å². The zero-order chi connectivity index (χ0) is 42.7. The van der Waals surface area contributed by atoms with Crippen LogP contribution in [0.4, 0.5) is 0 Å². The van der Waals surface area contributed by atoms with Crippen LogP contribution in [0.5, 0.6) is 0 Å². The van der Waals surface area contributed by atoms with Gasteiger partial charge in [0, 0.05) is 25.4 Å². The lowest BCUT2D eigenvalue weighted by atomic mass is 9.95. The Morgan fingerprint density at radius 3 is 1.12 bits per heavy atom. The number of rotatable bonds is 46. The summed E-state index contributed by atoms with van der Waals surface area (Å²) in [7, 11) is 0. The third-order valence-electron chi connectivity index (χ3n) is 12.8. The number of esters is 2. The van der Waals surface area contributed by atoms with Crippen LogP contribution in [-0.4, -0.2) is 49.0 Å². The molecule has 0 rings (SSSR count). The Labute approximate surface area is 362 Å². The Kier molecular flexibility index (Phi) is 42.3. The van der Waals surface area contributed by atoms with Crippen LogP contribution >= 0.6 is 0 Å². The average molecular weight is 820 g/mol. The first kappa shape index (κ1) is 56.4. The molecule has 0 aliphatic carbocycles. The molecule has 1 amide bonds. The normalized spacial score (nSPS) is 13.6. The fraction of sp³-hybridized carbons (Fsp3) is 0.942. The maximum Gasteiger partial charge on any atom is 0.305 e. The molecule has 3 atom stereocenters. The fourth-order valence-corrected chi connectivity index (χ4v) is 8.58. The van der Waals surface area contributed by atoms with Crippen LogP contribution in [0.1, 0.15) is 273 Å². The molecule has 0 fully saturated rings. The lowest BCUT2D eigenvalue weighted by Gasteiger charge is -2.32. The molecule has 6 nitrogen and oxygen atoms in total. The summed E-state index contributed by atoms with van der Waals surface area (Å²) in [6, 6.07) is 0.332. The lowest BCUT2D eigenvalue weighted by molar-refractivity contribution is -0.146. The molecule has 0 heterocycles. The fourth-order valence-electron chi connectivity index (χ4n) is 8.58. The van der Waals surface area contributed by atoms with Gasteiger partial charge in [-0.05, 0) is 75.5 Å². The van der Waals surface area contributed by atoms with Gasteiger partial charge in [0.2, 0.25) is 6.41 Å². The molecule has 6 heteroatoms. The third kappa shape index (κ3) is 35.2. The second-order valence-corrected chi connectivity index (χ2v) is 18.3. The number of carbonyl (C=O) groups is 3. The van der Waals surface area contributed by atoms with E-state index in [-0.39, 0.29) is 11.9 Å². The van der Waals surface area contributed by atoms with Crippen molar-refractivity contribution in [2.45, 2.75) is 279 Å². The molecule has 0 aliphatic rings. The summed E-state index contributed by atoms with van der Waals surface area (Å²) < 4.78 is 11.5. The van der Waals surface area contributed by atoms with Crippen molar-refractivity contribution in [2.24, 2.45) is 17.8 Å². The molecule has 0 bridgehead atoms. The maximum absolute atomic E-state index is 12.5. The molecule has 0 aliphatic heterocycles. The van der Waals surface area contributed by atoms with Crippen LogP contribution in [0.2, 0.25) is 0 Å². The third-order valence-corrected chi connectivity index (χ3v) is 12.8. The zero-order valence-electron chi connectivity index (χ0n) is 40.0. The SMILES string of the molecule is CCCCCCC(CCCC)COC(=O)CCCCCCCCC(CCCCCCCCC(=O)OCC(CCCC)CCCCCC)N(C=O)CC(CC)CCCC. The smallest absolute Gasteiger partial charge is 0.305 e. The molecule has 0 aromatic carbocycles. The van der Waals surface area contributed by atoms with Crippen molar-refractivity contribution in [2.75, 3.05) is 19.8 Å². The van der Waals surface area contributed by atoms with Gasteiger partial charge in [-0.25, -0.2) is 0 Å². The summed E-state index contributed by atoms with van der Waals surface area (Å²) in [6.07, 6.45) is 42.5. The Morgan fingerprint density at radius 2 is 0.741 bits per heavy atom. The first-order valence-electron chi connectivity index (χ1n) is 25.9. The summed E-state index contributed by atoms with van der Waals surface area (Å²) >= 11 is 0. The highest BCUT2D eigenvalue weighted by Crippen LogP contribution is 2.23. The van der Waals surface area contributed by atoms with Gasteiger partial charge in [0.15, 0.2) is 0 Å². The van der Waals surface area contributed by atoms with E-state index in [2.05, 4.69) is 46.4 Å². The van der Waals surface area contributed by atoms with E-state index in [9.17, 15) is 14.4 Å². The van der Waals surface area contributed by atoms with Crippen molar-refractivity contribution >= 4 is 18.3 Å². The van der Waals surface area contributed by atoms with E-state index < -0.39 is 0 Å². The summed E-state index contributed by atoms with van der Waals surface area (Å²) in [5.74, 6) is 1.63. The number of unbranched alkanes of at least 4 members (excludes halogenated alkanes) is 19. The van der Waals surface area contributed by atoms with E-state index in [1.807, 2.05) is 0 Å². The standard InChI is InChI=1S/C52H101NO5/c1-7-13-18-28-37-48(35-16-10-4)44-57-51(55)41-32-26-22-20-24-30-39-50(53(46-54)43-47(12-6)34-15-9-3)40-31-25-21-23-27-33-42-52(56)58-45-49(36-17-11-5)38-29-19-14-8-2/h46-50H,7-45H2,1-6H3. The Balaban J connectivity index is 4.55. The summed E-state index contributed by atoms with van der Waals surface area (Å²) in [5.41, 5.74) is 0. The van der Waals surface area contributed by atoms with Gasteiger partial charge >= 0.3 is 11.9 Å². The summed E-state index contributed by atoms with van der Waals surface area (Å²) in [4.78, 5) is 39.6. The number of amides is 1. The molecule has 0 saturated heterocycles. The first-order chi connectivity index (χ1) is 28.4. The van der Waals surface area contributed by atoms with E-state index in [4.69, 9.17) is 9.47 Å².